The highest BCUT2D eigenvalue weighted by molar-refractivity contribution is 5.93. The van der Waals surface area contributed by atoms with Gasteiger partial charge in [-0.25, -0.2) is 9.36 Å². The predicted molar refractivity (Wildman–Crippen MR) is 109 cm³/mol. The second-order valence-electron chi connectivity index (χ2n) is 6.54. The van der Waals surface area contributed by atoms with E-state index in [2.05, 4.69) is 17.2 Å². The number of aromatic amines is 1. The molecule has 7 nitrogen and oxygen atoms in total. The first-order valence-corrected chi connectivity index (χ1v) is 9.28. The lowest BCUT2D eigenvalue weighted by molar-refractivity contribution is -0.119. The van der Waals surface area contributed by atoms with E-state index in [1.54, 1.807) is 48.5 Å². The number of nitrogens with zero attached hydrogens (tertiary/aromatic N) is 1. The van der Waals surface area contributed by atoms with Gasteiger partial charge in [0, 0.05) is 5.69 Å². The topological polar surface area (TPSA) is 93.2 Å². The monoisotopic (exact) mass is 381 g/mol. The molecule has 0 saturated heterocycles. The highest BCUT2D eigenvalue weighted by Crippen LogP contribution is 2.17. The summed E-state index contributed by atoms with van der Waals surface area (Å²) in [6.45, 7) is 4.25. The molecule has 0 spiro atoms. The molecule has 0 fully saturated rings. The Morgan fingerprint density at radius 3 is 2.57 bits per heavy atom. The average molecular weight is 381 g/mol. The van der Waals surface area contributed by atoms with Crippen molar-refractivity contribution in [2.75, 3.05) is 11.9 Å². The van der Waals surface area contributed by atoms with Gasteiger partial charge in [-0.15, -0.1) is 0 Å². The normalized spacial score (nSPS) is 11.9. The lowest BCUT2D eigenvalue weighted by Crippen LogP contribution is -2.41. The van der Waals surface area contributed by atoms with E-state index < -0.39 is 23.2 Å². The summed E-state index contributed by atoms with van der Waals surface area (Å²) in [5.74, 6) is 0.268. The molecule has 0 aliphatic carbocycles. The molecule has 0 aliphatic heterocycles. The SMILES string of the molecule is CCCCOc1ccc(NC(=O)C(C)n2c(=O)[nH]c3ccccc3c2=O)cc1. The number of carbonyl (C=O) groups is 1. The van der Waals surface area contributed by atoms with Crippen molar-refractivity contribution in [3.05, 3.63) is 69.4 Å². The van der Waals surface area contributed by atoms with Crippen molar-refractivity contribution in [3.8, 4) is 5.75 Å². The maximum atomic E-state index is 12.7. The number of ether oxygens (including phenoxy) is 1. The summed E-state index contributed by atoms with van der Waals surface area (Å²) in [5, 5.41) is 3.09. The summed E-state index contributed by atoms with van der Waals surface area (Å²) >= 11 is 0. The number of para-hydroxylation sites is 1. The third-order valence-electron chi connectivity index (χ3n) is 4.49. The number of hydrogen-bond acceptors (Lipinski definition) is 4. The van der Waals surface area contributed by atoms with Crippen LogP contribution in [0.5, 0.6) is 5.75 Å². The maximum Gasteiger partial charge on any atom is 0.329 e. The van der Waals surface area contributed by atoms with Crippen molar-refractivity contribution in [2.24, 2.45) is 0 Å². The van der Waals surface area contributed by atoms with E-state index in [0.29, 0.717) is 23.2 Å². The van der Waals surface area contributed by atoms with E-state index in [9.17, 15) is 14.4 Å². The molecule has 3 aromatic rings. The third kappa shape index (κ3) is 4.14. The molecule has 1 aromatic heterocycles. The fourth-order valence-electron chi connectivity index (χ4n) is 2.86. The second-order valence-corrected chi connectivity index (χ2v) is 6.54. The van der Waals surface area contributed by atoms with Gasteiger partial charge in [0.05, 0.1) is 17.5 Å². The van der Waals surface area contributed by atoms with Crippen molar-refractivity contribution in [2.45, 2.75) is 32.7 Å². The Labute approximate surface area is 162 Å². The molecule has 2 aromatic carbocycles. The van der Waals surface area contributed by atoms with Crippen LogP contribution in [-0.2, 0) is 4.79 Å². The minimum atomic E-state index is -0.971. The molecule has 146 valence electrons. The number of carbonyl (C=O) groups excluding carboxylic acids is 1. The molecule has 1 amide bonds. The van der Waals surface area contributed by atoms with Crippen LogP contribution in [0, 0.1) is 0 Å². The van der Waals surface area contributed by atoms with E-state index in [1.165, 1.54) is 6.92 Å². The van der Waals surface area contributed by atoms with E-state index in [4.69, 9.17) is 4.74 Å². The van der Waals surface area contributed by atoms with Crippen LogP contribution < -0.4 is 21.3 Å². The van der Waals surface area contributed by atoms with E-state index >= 15 is 0 Å². The quantitative estimate of drug-likeness (QED) is 0.615. The summed E-state index contributed by atoms with van der Waals surface area (Å²) in [7, 11) is 0. The predicted octanol–water partition coefficient (Wildman–Crippen LogP) is 3.07. The van der Waals surface area contributed by atoms with Gasteiger partial charge in [0.25, 0.3) is 5.56 Å². The number of H-pyrrole nitrogens is 1. The smallest absolute Gasteiger partial charge is 0.329 e. The van der Waals surface area contributed by atoms with Gasteiger partial charge < -0.3 is 15.0 Å². The molecule has 0 bridgehead atoms. The summed E-state index contributed by atoms with van der Waals surface area (Å²) in [4.78, 5) is 40.2. The molecule has 3 rings (SSSR count). The van der Waals surface area contributed by atoms with Crippen LogP contribution >= 0.6 is 0 Å². The number of unbranched alkanes of at least 4 members (excludes halogenated alkanes) is 1. The van der Waals surface area contributed by atoms with Gasteiger partial charge in [-0.3, -0.25) is 9.59 Å². The number of nitrogens with one attached hydrogen (secondary N) is 2. The molecule has 2 N–H and O–H groups in total. The average Bonchev–Trinajstić information content (AvgIpc) is 2.69. The summed E-state index contributed by atoms with van der Waals surface area (Å²) in [6, 6.07) is 12.7. The summed E-state index contributed by atoms with van der Waals surface area (Å²) in [6.07, 6.45) is 2.03. The molecular formula is C21H23N3O4. The molecule has 28 heavy (non-hydrogen) atoms. The van der Waals surface area contributed by atoms with Gasteiger partial charge in [-0.2, -0.15) is 0 Å². The van der Waals surface area contributed by atoms with E-state index in [-0.39, 0.29) is 0 Å². The fraction of sp³-hybridized carbons (Fsp3) is 0.286. The Morgan fingerprint density at radius 2 is 1.86 bits per heavy atom. The first-order valence-electron chi connectivity index (χ1n) is 9.28. The van der Waals surface area contributed by atoms with Crippen LogP contribution in [0.15, 0.2) is 58.1 Å². The first-order chi connectivity index (χ1) is 13.5. The summed E-state index contributed by atoms with van der Waals surface area (Å²) < 4.78 is 6.52. The zero-order chi connectivity index (χ0) is 20.1. The van der Waals surface area contributed by atoms with Crippen molar-refractivity contribution < 1.29 is 9.53 Å². The maximum absolute atomic E-state index is 12.7. The van der Waals surface area contributed by atoms with Crippen molar-refractivity contribution in [3.63, 3.8) is 0 Å². The molecule has 0 aliphatic rings. The molecule has 1 atom stereocenters. The van der Waals surface area contributed by atoms with Crippen LogP contribution in [0.1, 0.15) is 32.7 Å². The van der Waals surface area contributed by atoms with Crippen molar-refractivity contribution in [1.82, 2.24) is 9.55 Å². The van der Waals surface area contributed by atoms with Crippen LogP contribution in [-0.4, -0.2) is 22.1 Å². The Kier molecular flexibility index (Phi) is 5.93. The number of hydrogen-bond donors (Lipinski definition) is 2. The van der Waals surface area contributed by atoms with Crippen molar-refractivity contribution in [1.29, 1.82) is 0 Å². The highest BCUT2D eigenvalue weighted by atomic mass is 16.5. The highest BCUT2D eigenvalue weighted by Gasteiger charge is 2.20. The van der Waals surface area contributed by atoms with Gasteiger partial charge >= 0.3 is 5.69 Å². The zero-order valence-electron chi connectivity index (χ0n) is 15.9. The number of fused-ring (bicyclic) bond motifs is 1. The van der Waals surface area contributed by atoms with Gasteiger partial charge in [-0.1, -0.05) is 25.5 Å². The molecular weight excluding hydrogens is 358 g/mol. The van der Waals surface area contributed by atoms with Crippen LogP contribution in [0.4, 0.5) is 5.69 Å². The number of rotatable bonds is 7. The fourth-order valence-corrected chi connectivity index (χ4v) is 2.86. The lowest BCUT2D eigenvalue weighted by Gasteiger charge is -2.15. The van der Waals surface area contributed by atoms with Gasteiger partial charge in [0.1, 0.15) is 11.8 Å². The van der Waals surface area contributed by atoms with Gasteiger partial charge in [0.2, 0.25) is 5.91 Å². The summed E-state index contributed by atoms with van der Waals surface area (Å²) in [5.41, 5.74) is -0.113. The van der Waals surface area contributed by atoms with Gasteiger partial charge in [-0.05, 0) is 49.7 Å². The molecule has 1 heterocycles. The van der Waals surface area contributed by atoms with Crippen molar-refractivity contribution >= 4 is 22.5 Å². The standard InChI is InChI=1S/C21H23N3O4/c1-3-4-13-28-16-11-9-15(10-12-16)22-19(25)14(2)24-20(26)17-7-5-6-8-18(17)23-21(24)27/h5-12,14H,3-4,13H2,1-2H3,(H,22,25)(H,23,27). The Bertz CT molecular complexity index is 1080. The second kappa shape index (κ2) is 8.56. The molecule has 7 heteroatoms. The Hall–Kier alpha value is -3.35. The molecule has 0 radical (unpaired) electrons. The van der Waals surface area contributed by atoms with Crippen LogP contribution in [0.2, 0.25) is 0 Å². The van der Waals surface area contributed by atoms with E-state index in [0.717, 1.165) is 23.2 Å². The van der Waals surface area contributed by atoms with Crippen LogP contribution in [0.3, 0.4) is 0 Å². The largest absolute Gasteiger partial charge is 0.494 e. The minimum Gasteiger partial charge on any atom is -0.494 e. The third-order valence-corrected chi connectivity index (χ3v) is 4.49. The molecule has 1 unspecified atom stereocenters. The van der Waals surface area contributed by atoms with Gasteiger partial charge in [0.15, 0.2) is 0 Å². The number of amides is 1. The number of benzene rings is 2. The van der Waals surface area contributed by atoms with E-state index in [1.807, 2.05) is 0 Å². The molecule has 0 saturated carbocycles. The first kappa shape index (κ1) is 19.4. The lowest BCUT2D eigenvalue weighted by atomic mass is 10.2. The Morgan fingerprint density at radius 1 is 1.14 bits per heavy atom. The Balaban J connectivity index is 1.77. The minimum absolute atomic E-state index is 0.357. The van der Waals surface area contributed by atoms with Crippen LogP contribution in [0.25, 0.3) is 10.9 Å². The zero-order valence-corrected chi connectivity index (χ0v) is 15.9. The number of aromatic nitrogens is 2. The number of anilines is 1.